The van der Waals surface area contributed by atoms with Crippen molar-refractivity contribution in [1.82, 2.24) is 19.9 Å². The van der Waals surface area contributed by atoms with Crippen molar-refractivity contribution in [3.05, 3.63) is 12.0 Å². The molecule has 2 heterocycles. The molecule has 2 N–H and O–H groups in total. The quantitative estimate of drug-likeness (QED) is 0.870. The van der Waals surface area contributed by atoms with Crippen LogP contribution in [0.2, 0.25) is 0 Å². The summed E-state index contributed by atoms with van der Waals surface area (Å²) in [6.07, 6.45) is 3.17. The molecule has 0 saturated carbocycles. The first-order valence-electron chi connectivity index (χ1n) is 6.84. The zero-order chi connectivity index (χ0) is 14.8. The van der Waals surface area contributed by atoms with E-state index in [0.29, 0.717) is 29.7 Å². The third-order valence-corrected chi connectivity index (χ3v) is 3.61. The van der Waals surface area contributed by atoms with E-state index in [1.165, 1.54) is 0 Å². The molecule has 0 aliphatic carbocycles. The van der Waals surface area contributed by atoms with Crippen LogP contribution in [0.1, 0.15) is 39.4 Å². The maximum absolute atomic E-state index is 5.92. The second kappa shape index (κ2) is 5.62. The summed E-state index contributed by atoms with van der Waals surface area (Å²) in [7, 11) is 1.76. The topological polar surface area (TPSA) is 92.0 Å². The van der Waals surface area contributed by atoms with E-state index in [-0.39, 0.29) is 0 Å². The average Bonchev–Trinajstić information content (AvgIpc) is 3.05. The van der Waals surface area contributed by atoms with Gasteiger partial charge in [0.2, 0.25) is 5.82 Å². The molecule has 0 aliphatic rings. The van der Waals surface area contributed by atoms with Crippen molar-refractivity contribution in [2.75, 3.05) is 12.3 Å². The Balaban J connectivity index is 2.39. The van der Waals surface area contributed by atoms with Crippen molar-refractivity contribution in [3.8, 4) is 11.5 Å². The van der Waals surface area contributed by atoms with Gasteiger partial charge < -0.3 is 15.0 Å². The second-order valence-electron chi connectivity index (χ2n) is 4.62. The van der Waals surface area contributed by atoms with Crippen LogP contribution in [0.5, 0.6) is 0 Å². The highest BCUT2D eigenvalue weighted by molar-refractivity contribution is 5.66. The molecule has 110 valence electrons. The molecule has 0 aromatic carbocycles. The summed E-state index contributed by atoms with van der Waals surface area (Å²) >= 11 is 0. The lowest BCUT2D eigenvalue weighted by Crippen LogP contribution is -2.29. The van der Waals surface area contributed by atoms with Crippen molar-refractivity contribution < 1.29 is 9.26 Å². The van der Waals surface area contributed by atoms with E-state index in [1.807, 2.05) is 20.8 Å². The Bertz CT molecular complexity index is 571. The Morgan fingerprint density at radius 3 is 2.55 bits per heavy atom. The van der Waals surface area contributed by atoms with Gasteiger partial charge in [-0.25, -0.2) is 0 Å². The number of hydrogen-bond acceptors (Lipinski definition) is 6. The lowest BCUT2D eigenvalue weighted by atomic mass is 9.96. The summed E-state index contributed by atoms with van der Waals surface area (Å²) in [5.41, 5.74) is 6.05. The largest absolute Gasteiger partial charge is 0.383 e. The van der Waals surface area contributed by atoms with Gasteiger partial charge in [0.25, 0.3) is 5.89 Å². The van der Waals surface area contributed by atoms with Gasteiger partial charge in [0, 0.05) is 13.7 Å². The van der Waals surface area contributed by atoms with E-state index in [4.69, 9.17) is 15.0 Å². The molecule has 2 rings (SSSR count). The summed E-state index contributed by atoms with van der Waals surface area (Å²) in [5.74, 6) is 1.43. The fourth-order valence-electron chi connectivity index (χ4n) is 2.24. The van der Waals surface area contributed by atoms with Crippen LogP contribution in [0.3, 0.4) is 0 Å². The third kappa shape index (κ3) is 2.29. The highest BCUT2D eigenvalue weighted by atomic mass is 16.5. The predicted octanol–water partition coefficient (Wildman–Crippen LogP) is 2.10. The van der Waals surface area contributed by atoms with Crippen LogP contribution < -0.4 is 5.73 Å². The SMILES string of the molecule is CCOC(CC)(CC)c1noc(-c2cnn(C)c2N)n1. The van der Waals surface area contributed by atoms with Gasteiger partial charge in [0.05, 0.1) is 6.20 Å². The van der Waals surface area contributed by atoms with Gasteiger partial charge in [-0.05, 0) is 19.8 Å². The Labute approximate surface area is 118 Å². The Morgan fingerprint density at radius 1 is 1.35 bits per heavy atom. The van der Waals surface area contributed by atoms with Crippen LogP contribution >= 0.6 is 0 Å². The predicted molar refractivity (Wildman–Crippen MR) is 74.8 cm³/mol. The number of aromatic nitrogens is 4. The van der Waals surface area contributed by atoms with Crippen molar-refractivity contribution in [3.63, 3.8) is 0 Å². The minimum atomic E-state index is -0.506. The molecule has 2 aromatic heterocycles. The van der Waals surface area contributed by atoms with Crippen LogP contribution in [0.15, 0.2) is 10.7 Å². The molecule has 7 nitrogen and oxygen atoms in total. The number of rotatable bonds is 6. The monoisotopic (exact) mass is 279 g/mol. The first kappa shape index (κ1) is 14.5. The number of nitrogens with zero attached hydrogens (tertiary/aromatic N) is 4. The standard InChI is InChI=1S/C13H21N5O2/c1-5-13(6-2,19-7-3)12-16-11(20-17-12)9-8-15-18(4)10(9)14/h8H,5-7,14H2,1-4H3. The van der Waals surface area contributed by atoms with Gasteiger partial charge in [0.15, 0.2) is 0 Å². The first-order chi connectivity index (χ1) is 9.57. The summed E-state index contributed by atoms with van der Waals surface area (Å²) in [6.45, 7) is 6.65. The van der Waals surface area contributed by atoms with Crippen LogP contribution in [-0.2, 0) is 17.4 Å². The fraction of sp³-hybridized carbons (Fsp3) is 0.615. The molecule has 0 bridgehead atoms. The Morgan fingerprint density at radius 2 is 2.05 bits per heavy atom. The Kier molecular flexibility index (Phi) is 4.08. The lowest BCUT2D eigenvalue weighted by molar-refractivity contribution is -0.0583. The molecule has 7 heteroatoms. The van der Waals surface area contributed by atoms with Gasteiger partial charge >= 0.3 is 0 Å². The van der Waals surface area contributed by atoms with Crippen molar-refractivity contribution in [1.29, 1.82) is 0 Å². The van der Waals surface area contributed by atoms with Gasteiger partial charge in [-0.3, -0.25) is 4.68 Å². The highest BCUT2D eigenvalue weighted by Gasteiger charge is 2.35. The molecule has 2 aromatic rings. The number of ether oxygens (including phenoxy) is 1. The number of aryl methyl sites for hydroxylation is 1. The average molecular weight is 279 g/mol. The molecule has 0 amide bonds. The van der Waals surface area contributed by atoms with Crippen LogP contribution in [0, 0.1) is 0 Å². The van der Waals surface area contributed by atoms with Crippen LogP contribution in [0.4, 0.5) is 5.82 Å². The molecule has 0 fully saturated rings. The van der Waals surface area contributed by atoms with Gasteiger partial charge in [-0.1, -0.05) is 19.0 Å². The molecule has 0 atom stereocenters. The van der Waals surface area contributed by atoms with Gasteiger partial charge in [0.1, 0.15) is 17.0 Å². The van der Waals surface area contributed by atoms with Gasteiger partial charge in [-0.15, -0.1) is 0 Å². The molecule has 0 spiro atoms. The van der Waals surface area contributed by atoms with Crippen molar-refractivity contribution >= 4 is 5.82 Å². The summed E-state index contributed by atoms with van der Waals surface area (Å²) in [5, 5.41) is 8.15. The molecule has 0 radical (unpaired) electrons. The van der Waals surface area contributed by atoms with Crippen molar-refractivity contribution in [2.24, 2.45) is 7.05 Å². The fourth-order valence-corrected chi connectivity index (χ4v) is 2.24. The minimum absolute atomic E-state index is 0.372. The maximum atomic E-state index is 5.92. The van der Waals surface area contributed by atoms with E-state index in [0.717, 1.165) is 12.8 Å². The number of hydrogen-bond donors (Lipinski definition) is 1. The van der Waals surface area contributed by atoms with E-state index in [1.54, 1.807) is 17.9 Å². The van der Waals surface area contributed by atoms with Gasteiger partial charge in [-0.2, -0.15) is 10.1 Å². The highest BCUT2D eigenvalue weighted by Crippen LogP contribution is 2.33. The zero-order valence-corrected chi connectivity index (χ0v) is 12.4. The molecule has 0 aliphatic heterocycles. The van der Waals surface area contributed by atoms with Crippen molar-refractivity contribution in [2.45, 2.75) is 39.2 Å². The van der Waals surface area contributed by atoms with Crippen LogP contribution in [0.25, 0.3) is 11.5 Å². The first-order valence-corrected chi connectivity index (χ1v) is 6.84. The van der Waals surface area contributed by atoms with E-state index in [9.17, 15) is 0 Å². The normalized spacial score (nSPS) is 12.0. The minimum Gasteiger partial charge on any atom is -0.383 e. The molecule has 0 saturated heterocycles. The lowest BCUT2D eigenvalue weighted by Gasteiger charge is -2.27. The molecule has 20 heavy (non-hydrogen) atoms. The summed E-state index contributed by atoms with van der Waals surface area (Å²) in [6, 6.07) is 0. The summed E-state index contributed by atoms with van der Waals surface area (Å²) in [4.78, 5) is 4.45. The molecular formula is C13H21N5O2. The van der Waals surface area contributed by atoms with E-state index in [2.05, 4.69) is 15.2 Å². The Hall–Kier alpha value is -1.89. The molecular weight excluding hydrogens is 258 g/mol. The van der Waals surface area contributed by atoms with Crippen LogP contribution in [-0.4, -0.2) is 26.5 Å². The molecule has 0 unspecified atom stereocenters. The zero-order valence-electron chi connectivity index (χ0n) is 12.4. The maximum Gasteiger partial charge on any atom is 0.263 e. The smallest absolute Gasteiger partial charge is 0.263 e. The second-order valence-corrected chi connectivity index (χ2v) is 4.62. The summed E-state index contributed by atoms with van der Waals surface area (Å²) < 4.78 is 12.8. The number of nitrogen functional groups attached to an aromatic ring is 1. The van der Waals surface area contributed by atoms with E-state index >= 15 is 0 Å². The number of nitrogens with two attached hydrogens (primary N) is 1. The van der Waals surface area contributed by atoms with E-state index < -0.39 is 5.60 Å². The third-order valence-electron chi connectivity index (χ3n) is 3.61. The number of anilines is 1.